The second-order valence-electron chi connectivity index (χ2n) is 4.69. The molecule has 1 aliphatic heterocycles. The lowest BCUT2D eigenvalue weighted by Crippen LogP contribution is -2.50. The Labute approximate surface area is 95.8 Å². The van der Waals surface area contributed by atoms with Gasteiger partial charge in [0.1, 0.15) is 6.04 Å². The van der Waals surface area contributed by atoms with Gasteiger partial charge in [-0.3, -0.25) is 0 Å². The van der Waals surface area contributed by atoms with E-state index in [0.29, 0.717) is 0 Å². The molecule has 1 heterocycles. The molecule has 16 heavy (non-hydrogen) atoms. The number of nitrogens with zero attached hydrogens (tertiary/aromatic N) is 1. The van der Waals surface area contributed by atoms with Crippen LogP contribution < -0.4 is 5.32 Å². The smallest absolute Gasteiger partial charge is 0.326 e. The van der Waals surface area contributed by atoms with Gasteiger partial charge in [-0.05, 0) is 25.7 Å². The van der Waals surface area contributed by atoms with Crippen LogP contribution in [0.4, 0.5) is 4.79 Å². The molecule has 0 aliphatic carbocycles. The molecular weight excluding hydrogens is 208 g/mol. The minimum Gasteiger partial charge on any atom is -0.480 e. The van der Waals surface area contributed by atoms with E-state index in [9.17, 15) is 9.59 Å². The molecule has 0 aromatic carbocycles. The Morgan fingerprint density at radius 3 is 2.44 bits per heavy atom. The van der Waals surface area contributed by atoms with Gasteiger partial charge >= 0.3 is 12.0 Å². The summed E-state index contributed by atoms with van der Waals surface area (Å²) in [5, 5.41) is 11.5. The number of urea groups is 1. The molecule has 2 N–H and O–H groups in total. The Morgan fingerprint density at radius 1 is 1.44 bits per heavy atom. The zero-order chi connectivity index (χ0) is 12.3. The number of hydrogen-bond donors (Lipinski definition) is 2. The maximum Gasteiger partial charge on any atom is 0.326 e. The zero-order valence-electron chi connectivity index (χ0n) is 10.1. The zero-order valence-corrected chi connectivity index (χ0v) is 10.1. The number of aliphatic carboxylic acids is 1. The van der Waals surface area contributed by atoms with Gasteiger partial charge in [-0.1, -0.05) is 13.8 Å². The van der Waals surface area contributed by atoms with Gasteiger partial charge < -0.3 is 15.3 Å². The van der Waals surface area contributed by atoms with E-state index in [1.54, 1.807) is 18.7 Å². The van der Waals surface area contributed by atoms with E-state index in [-0.39, 0.29) is 18.0 Å². The van der Waals surface area contributed by atoms with Crippen molar-refractivity contribution in [3.8, 4) is 0 Å². The van der Waals surface area contributed by atoms with E-state index in [2.05, 4.69) is 5.32 Å². The highest BCUT2D eigenvalue weighted by molar-refractivity contribution is 5.83. The fourth-order valence-electron chi connectivity index (χ4n) is 1.96. The van der Waals surface area contributed by atoms with Crippen molar-refractivity contribution < 1.29 is 14.7 Å². The summed E-state index contributed by atoms with van der Waals surface area (Å²) in [6, 6.07) is -0.854. The Kier molecular flexibility index (Phi) is 4.15. The lowest BCUT2D eigenvalue weighted by atomic mass is 10.1. The van der Waals surface area contributed by atoms with E-state index < -0.39 is 12.0 Å². The van der Waals surface area contributed by atoms with Crippen LogP contribution in [0.2, 0.25) is 0 Å². The fraction of sp³-hybridized carbons (Fsp3) is 0.818. The molecule has 1 rings (SSSR count). The normalized spacial score (nSPS) is 22.2. The summed E-state index contributed by atoms with van der Waals surface area (Å²) in [4.78, 5) is 24.5. The predicted octanol–water partition coefficient (Wildman–Crippen LogP) is 1.29. The van der Waals surface area contributed by atoms with Crippen LogP contribution in [0, 0.1) is 5.92 Å². The molecule has 92 valence electrons. The molecular formula is C11H20N2O3. The molecule has 0 radical (unpaired) electrons. The van der Waals surface area contributed by atoms with Crippen molar-refractivity contribution in [1.82, 2.24) is 10.2 Å². The Hall–Kier alpha value is -1.26. The quantitative estimate of drug-likeness (QED) is 0.764. The molecule has 1 unspecified atom stereocenters. The number of carboxylic acid groups (broad SMARTS) is 1. The number of carboxylic acids is 1. The Balaban J connectivity index is 2.58. The maximum atomic E-state index is 11.8. The molecule has 0 aromatic rings. The van der Waals surface area contributed by atoms with Crippen molar-refractivity contribution in [1.29, 1.82) is 0 Å². The molecule has 0 spiro atoms. The van der Waals surface area contributed by atoms with Crippen molar-refractivity contribution >= 4 is 12.0 Å². The van der Waals surface area contributed by atoms with Gasteiger partial charge in [-0.25, -0.2) is 9.59 Å². The standard InChI is InChI=1S/C11H20N2O3/c1-7(2)9(10(14)15)12-11(16)13-6-4-5-8(13)3/h7-9H,4-6H2,1-3H3,(H,12,16)(H,14,15)/t8?,9-/m1/s1. The van der Waals surface area contributed by atoms with Gasteiger partial charge in [0.25, 0.3) is 0 Å². The topological polar surface area (TPSA) is 69.6 Å². The fourth-order valence-corrected chi connectivity index (χ4v) is 1.96. The number of amides is 2. The Bertz CT molecular complexity index is 278. The maximum absolute atomic E-state index is 11.8. The van der Waals surface area contributed by atoms with Crippen LogP contribution in [-0.2, 0) is 4.79 Å². The lowest BCUT2D eigenvalue weighted by Gasteiger charge is -2.25. The first-order valence-corrected chi connectivity index (χ1v) is 5.73. The highest BCUT2D eigenvalue weighted by Gasteiger charge is 2.29. The third-order valence-electron chi connectivity index (χ3n) is 3.03. The van der Waals surface area contributed by atoms with Crippen molar-refractivity contribution in [3.63, 3.8) is 0 Å². The van der Waals surface area contributed by atoms with Crippen molar-refractivity contribution in [2.24, 2.45) is 5.92 Å². The SMILES string of the molecule is CC(C)[C@@H](NC(=O)N1CCCC1C)C(=O)O. The number of likely N-dealkylation sites (tertiary alicyclic amines) is 1. The molecule has 0 saturated carbocycles. The van der Waals surface area contributed by atoms with Gasteiger partial charge in [0.2, 0.25) is 0 Å². The van der Waals surface area contributed by atoms with Gasteiger partial charge in [-0.15, -0.1) is 0 Å². The monoisotopic (exact) mass is 228 g/mol. The second kappa shape index (κ2) is 5.18. The third-order valence-corrected chi connectivity index (χ3v) is 3.03. The van der Waals surface area contributed by atoms with E-state index in [0.717, 1.165) is 19.4 Å². The summed E-state index contributed by atoms with van der Waals surface area (Å²) in [6.45, 7) is 6.27. The number of carbonyl (C=O) groups excluding carboxylic acids is 1. The molecule has 1 aliphatic rings. The van der Waals surface area contributed by atoms with Gasteiger partial charge in [-0.2, -0.15) is 0 Å². The minimum atomic E-state index is -0.977. The van der Waals surface area contributed by atoms with E-state index >= 15 is 0 Å². The van der Waals surface area contributed by atoms with E-state index in [1.807, 2.05) is 6.92 Å². The molecule has 2 atom stereocenters. The van der Waals surface area contributed by atoms with E-state index in [1.165, 1.54) is 0 Å². The summed E-state index contributed by atoms with van der Waals surface area (Å²) >= 11 is 0. The lowest BCUT2D eigenvalue weighted by molar-refractivity contribution is -0.140. The van der Waals surface area contributed by atoms with Crippen molar-refractivity contribution in [3.05, 3.63) is 0 Å². The summed E-state index contributed by atoms with van der Waals surface area (Å²) in [6.07, 6.45) is 1.99. The van der Waals surface area contributed by atoms with Crippen LogP contribution >= 0.6 is 0 Å². The van der Waals surface area contributed by atoms with Crippen LogP contribution in [0.15, 0.2) is 0 Å². The van der Waals surface area contributed by atoms with Gasteiger partial charge in [0, 0.05) is 12.6 Å². The number of rotatable bonds is 3. The van der Waals surface area contributed by atoms with Crippen molar-refractivity contribution in [2.45, 2.75) is 45.7 Å². The average Bonchev–Trinajstić information content (AvgIpc) is 2.59. The molecule has 1 fully saturated rings. The van der Waals surface area contributed by atoms with Crippen LogP contribution in [-0.4, -0.2) is 40.6 Å². The Morgan fingerprint density at radius 2 is 2.06 bits per heavy atom. The predicted molar refractivity (Wildman–Crippen MR) is 60.2 cm³/mol. The summed E-state index contributed by atoms with van der Waals surface area (Å²) < 4.78 is 0. The first-order valence-electron chi connectivity index (χ1n) is 5.73. The van der Waals surface area contributed by atoms with Gasteiger partial charge in [0.15, 0.2) is 0 Å². The summed E-state index contributed by atoms with van der Waals surface area (Å²) in [7, 11) is 0. The van der Waals surface area contributed by atoms with E-state index in [4.69, 9.17) is 5.11 Å². The average molecular weight is 228 g/mol. The van der Waals surface area contributed by atoms with Gasteiger partial charge in [0.05, 0.1) is 0 Å². The molecule has 2 amide bonds. The molecule has 5 nitrogen and oxygen atoms in total. The summed E-state index contributed by atoms with van der Waals surface area (Å²) in [5.41, 5.74) is 0. The number of carbonyl (C=O) groups is 2. The van der Waals surface area contributed by atoms with Crippen molar-refractivity contribution in [2.75, 3.05) is 6.54 Å². The first-order chi connectivity index (χ1) is 7.43. The van der Waals surface area contributed by atoms with Crippen LogP contribution in [0.25, 0.3) is 0 Å². The van der Waals surface area contributed by atoms with Crippen LogP contribution in [0.5, 0.6) is 0 Å². The third kappa shape index (κ3) is 2.87. The largest absolute Gasteiger partial charge is 0.480 e. The highest BCUT2D eigenvalue weighted by Crippen LogP contribution is 2.16. The minimum absolute atomic E-state index is 0.112. The summed E-state index contributed by atoms with van der Waals surface area (Å²) in [5.74, 6) is -1.09. The second-order valence-corrected chi connectivity index (χ2v) is 4.69. The van der Waals surface area contributed by atoms with Crippen LogP contribution in [0.1, 0.15) is 33.6 Å². The van der Waals surface area contributed by atoms with Crippen LogP contribution in [0.3, 0.4) is 0 Å². The molecule has 0 aromatic heterocycles. The number of nitrogens with one attached hydrogen (secondary N) is 1. The highest BCUT2D eigenvalue weighted by atomic mass is 16.4. The molecule has 1 saturated heterocycles. The molecule has 5 heteroatoms. The first kappa shape index (κ1) is 12.8. The molecule has 0 bridgehead atoms. The number of hydrogen-bond acceptors (Lipinski definition) is 2.